The number of alkyl halides is 1. The van der Waals surface area contributed by atoms with Crippen LogP contribution in [0.5, 0.6) is 0 Å². The maximum atomic E-state index is 6.25. The third-order valence-corrected chi connectivity index (χ3v) is 2.70. The number of aromatic nitrogens is 2. The van der Waals surface area contributed by atoms with E-state index < -0.39 is 0 Å². The number of hydrogen-bond acceptors (Lipinski definition) is 3. The molecule has 0 aliphatic rings. The summed E-state index contributed by atoms with van der Waals surface area (Å²) in [4.78, 5) is 0. The van der Waals surface area contributed by atoms with Crippen LogP contribution < -0.4 is 0 Å². The number of rotatable bonds is 3. The van der Waals surface area contributed by atoms with Crippen molar-refractivity contribution in [3.63, 3.8) is 0 Å². The molecule has 0 spiro atoms. The van der Waals surface area contributed by atoms with Crippen LogP contribution in [0.4, 0.5) is 0 Å². The van der Waals surface area contributed by atoms with Crippen molar-refractivity contribution in [2.75, 3.05) is 0 Å². The van der Waals surface area contributed by atoms with Gasteiger partial charge in [0.15, 0.2) is 0 Å². The van der Waals surface area contributed by atoms with Crippen LogP contribution in [0.25, 0.3) is 0 Å². The fraction of sp³-hybridized carbons (Fsp3) is 0.333. The van der Waals surface area contributed by atoms with Crippen molar-refractivity contribution in [3.05, 3.63) is 47.7 Å². The van der Waals surface area contributed by atoms with Gasteiger partial charge in [0.05, 0.1) is 0 Å². The molecule has 1 heterocycles. The first-order chi connectivity index (χ1) is 7.68. The molecule has 0 saturated carbocycles. The molecule has 1 unspecified atom stereocenters. The maximum absolute atomic E-state index is 6.25. The normalized spacial score (nSPS) is 13.0. The molecule has 0 radical (unpaired) electrons. The lowest BCUT2D eigenvalue weighted by atomic mass is 10.1. The van der Waals surface area contributed by atoms with E-state index in [4.69, 9.17) is 16.0 Å². The third-order valence-electron chi connectivity index (χ3n) is 2.26. The summed E-state index contributed by atoms with van der Waals surface area (Å²) in [6.45, 7) is 4.01. The van der Waals surface area contributed by atoms with Crippen LogP contribution in [0.1, 0.15) is 42.5 Å². The second-order valence-corrected chi connectivity index (χ2v) is 4.34. The van der Waals surface area contributed by atoms with Gasteiger partial charge < -0.3 is 4.42 Å². The highest BCUT2D eigenvalue weighted by Gasteiger charge is 2.18. The predicted molar refractivity (Wildman–Crippen MR) is 62.5 cm³/mol. The number of halogens is 1. The van der Waals surface area contributed by atoms with Gasteiger partial charge in [-0.15, -0.1) is 21.8 Å². The van der Waals surface area contributed by atoms with Gasteiger partial charge in [0, 0.05) is 5.92 Å². The molecular weight excluding hydrogens is 224 g/mol. The molecule has 0 N–H and O–H groups in total. The van der Waals surface area contributed by atoms with Crippen molar-refractivity contribution in [2.45, 2.75) is 25.1 Å². The van der Waals surface area contributed by atoms with Gasteiger partial charge in [-0.2, -0.15) is 0 Å². The van der Waals surface area contributed by atoms with Crippen LogP contribution in [0.2, 0.25) is 0 Å². The van der Waals surface area contributed by atoms with Crippen LogP contribution in [0.3, 0.4) is 0 Å². The monoisotopic (exact) mass is 236 g/mol. The molecule has 0 saturated heterocycles. The predicted octanol–water partition coefficient (Wildman–Crippen LogP) is 3.52. The van der Waals surface area contributed by atoms with Crippen LogP contribution >= 0.6 is 11.6 Å². The van der Waals surface area contributed by atoms with E-state index in [2.05, 4.69) is 10.2 Å². The van der Waals surface area contributed by atoms with E-state index in [-0.39, 0.29) is 11.3 Å². The third kappa shape index (κ3) is 2.25. The Balaban J connectivity index is 2.24. The minimum atomic E-state index is -0.374. The molecule has 1 atom stereocenters. The van der Waals surface area contributed by atoms with Gasteiger partial charge in [0.25, 0.3) is 0 Å². The summed E-state index contributed by atoms with van der Waals surface area (Å²) in [6, 6.07) is 9.70. The van der Waals surface area contributed by atoms with Gasteiger partial charge in [-0.3, -0.25) is 0 Å². The molecule has 16 heavy (non-hydrogen) atoms. The number of nitrogens with zero attached hydrogens (tertiary/aromatic N) is 2. The zero-order chi connectivity index (χ0) is 11.5. The molecule has 84 valence electrons. The standard InChI is InChI=1S/C12H13ClN2O/c1-8(2)11-14-15-12(16-11)10(13)9-6-4-3-5-7-9/h3-8,10H,1-2H3. The fourth-order valence-corrected chi connectivity index (χ4v) is 1.58. The van der Waals surface area contributed by atoms with Crippen molar-refractivity contribution < 1.29 is 4.42 Å². The Morgan fingerprint density at radius 3 is 2.25 bits per heavy atom. The highest BCUT2D eigenvalue weighted by Crippen LogP contribution is 2.28. The topological polar surface area (TPSA) is 38.9 Å². The fourth-order valence-electron chi connectivity index (χ4n) is 1.35. The van der Waals surface area contributed by atoms with Crippen molar-refractivity contribution in [1.29, 1.82) is 0 Å². The molecule has 3 nitrogen and oxygen atoms in total. The molecule has 1 aromatic carbocycles. The first-order valence-corrected chi connectivity index (χ1v) is 5.64. The minimum absolute atomic E-state index is 0.223. The van der Waals surface area contributed by atoms with E-state index in [1.54, 1.807) is 0 Å². The SMILES string of the molecule is CC(C)c1nnc(C(Cl)c2ccccc2)o1. The van der Waals surface area contributed by atoms with E-state index in [0.29, 0.717) is 11.8 Å². The lowest BCUT2D eigenvalue weighted by molar-refractivity contribution is 0.436. The van der Waals surface area contributed by atoms with E-state index in [1.165, 1.54) is 0 Å². The van der Waals surface area contributed by atoms with E-state index in [0.717, 1.165) is 5.56 Å². The van der Waals surface area contributed by atoms with Gasteiger partial charge in [0.1, 0.15) is 5.38 Å². The summed E-state index contributed by atoms with van der Waals surface area (Å²) in [6.07, 6.45) is 0. The van der Waals surface area contributed by atoms with Crippen molar-refractivity contribution in [3.8, 4) is 0 Å². The largest absolute Gasteiger partial charge is 0.423 e. The molecule has 0 aliphatic carbocycles. The van der Waals surface area contributed by atoms with Gasteiger partial charge in [0.2, 0.25) is 11.8 Å². The zero-order valence-electron chi connectivity index (χ0n) is 9.22. The minimum Gasteiger partial charge on any atom is -0.423 e. The molecule has 0 fully saturated rings. The van der Waals surface area contributed by atoms with Crippen molar-refractivity contribution in [2.24, 2.45) is 0 Å². The summed E-state index contributed by atoms with van der Waals surface area (Å²) < 4.78 is 5.51. The van der Waals surface area contributed by atoms with Crippen LogP contribution in [-0.2, 0) is 0 Å². The second-order valence-electron chi connectivity index (χ2n) is 3.91. The zero-order valence-corrected chi connectivity index (χ0v) is 9.98. The molecule has 0 bridgehead atoms. The van der Waals surface area contributed by atoms with E-state index in [9.17, 15) is 0 Å². The van der Waals surface area contributed by atoms with Crippen molar-refractivity contribution in [1.82, 2.24) is 10.2 Å². The average molecular weight is 237 g/mol. The maximum Gasteiger partial charge on any atom is 0.238 e. The Kier molecular flexibility index (Phi) is 3.25. The lowest BCUT2D eigenvalue weighted by Crippen LogP contribution is -1.92. The van der Waals surface area contributed by atoms with Crippen LogP contribution in [0, 0.1) is 0 Å². The summed E-state index contributed by atoms with van der Waals surface area (Å²) in [5, 5.41) is 7.55. The molecule has 4 heteroatoms. The molecule has 2 aromatic rings. The molecule has 1 aromatic heterocycles. The van der Waals surface area contributed by atoms with Gasteiger partial charge >= 0.3 is 0 Å². The van der Waals surface area contributed by atoms with E-state index in [1.807, 2.05) is 44.2 Å². The van der Waals surface area contributed by atoms with E-state index >= 15 is 0 Å². The molecule has 0 amide bonds. The Morgan fingerprint density at radius 1 is 1.06 bits per heavy atom. The highest BCUT2D eigenvalue weighted by molar-refractivity contribution is 6.22. The average Bonchev–Trinajstić information content (AvgIpc) is 2.78. The van der Waals surface area contributed by atoms with Crippen LogP contribution in [0.15, 0.2) is 34.7 Å². The number of benzene rings is 1. The lowest BCUT2D eigenvalue weighted by Gasteiger charge is -2.04. The Labute approximate surface area is 99.5 Å². The Bertz CT molecular complexity index is 453. The molecular formula is C12H13ClN2O. The Morgan fingerprint density at radius 2 is 1.69 bits per heavy atom. The Hall–Kier alpha value is -1.35. The highest BCUT2D eigenvalue weighted by atomic mass is 35.5. The summed E-state index contributed by atoms with van der Waals surface area (Å²) in [5.74, 6) is 1.30. The molecule has 0 aliphatic heterocycles. The summed E-state index contributed by atoms with van der Waals surface area (Å²) in [5.41, 5.74) is 0.961. The van der Waals surface area contributed by atoms with Gasteiger partial charge in [-0.25, -0.2) is 0 Å². The summed E-state index contributed by atoms with van der Waals surface area (Å²) >= 11 is 6.25. The second kappa shape index (κ2) is 4.66. The quantitative estimate of drug-likeness (QED) is 0.766. The van der Waals surface area contributed by atoms with Gasteiger partial charge in [-0.1, -0.05) is 44.2 Å². The first kappa shape index (κ1) is 11.1. The number of hydrogen-bond donors (Lipinski definition) is 0. The first-order valence-electron chi connectivity index (χ1n) is 5.21. The van der Waals surface area contributed by atoms with Gasteiger partial charge in [-0.05, 0) is 5.56 Å². The van der Waals surface area contributed by atoms with Crippen molar-refractivity contribution >= 4 is 11.6 Å². The smallest absolute Gasteiger partial charge is 0.238 e. The van der Waals surface area contributed by atoms with Crippen LogP contribution in [-0.4, -0.2) is 10.2 Å². The molecule has 2 rings (SSSR count). The summed E-state index contributed by atoms with van der Waals surface area (Å²) in [7, 11) is 0.